The summed E-state index contributed by atoms with van der Waals surface area (Å²) in [5.74, 6) is 0.782. The van der Waals surface area contributed by atoms with Crippen molar-refractivity contribution in [3.8, 4) is 22.6 Å². The van der Waals surface area contributed by atoms with Crippen LogP contribution in [-0.2, 0) is 11.2 Å². The van der Waals surface area contributed by atoms with E-state index in [2.05, 4.69) is 29.6 Å². The van der Waals surface area contributed by atoms with Crippen molar-refractivity contribution < 1.29 is 23.8 Å². The third kappa shape index (κ3) is 5.67. The van der Waals surface area contributed by atoms with E-state index in [1.54, 1.807) is 24.1 Å². The van der Waals surface area contributed by atoms with E-state index in [9.17, 15) is 9.59 Å². The minimum absolute atomic E-state index is 0.0280. The largest absolute Gasteiger partial charge is 0.493 e. The summed E-state index contributed by atoms with van der Waals surface area (Å²) < 4.78 is 17.1. The van der Waals surface area contributed by atoms with Crippen molar-refractivity contribution in [2.75, 3.05) is 37.5 Å². The van der Waals surface area contributed by atoms with Crippen LogP contribution < -0.4 is 25.4 Å². The van der Waals surface area contributed by atoms with Crippen LogP contribution in [0.5, 0.6) is 11.5 Å². The summed E-state index contributed by atoms with van der Waals surface area (Å²) in [5.41, 5.74) is 13.9. The van der Waals surface area contributed by atoms with Crippen LogP contribution >= 0.6 is 0 Å². The molecule has 0 saturated heterocycles. The average molecular weight is 592 g/mol. The van der Waals surface area contributed by atoms with Gasteiger partial charge in [0.05, 0.1) is 19.3 Å². The first-order valence-electron chi connectivity index (χ1n) is 15.1. The molecule has 44 heavy (non-hydrogen) atoms. The van der Waals surface area contributed by atoms with E-state index in [4.69, 9.17) is 19.9 Å². The molecule has 0 bridgehead atoms. The molecule has 8 heteroatoms. The number of amides is 2. The van der Waals surface area contributed by atoms with Crippen molar-refractivity contribution in [2.45, 2.75) is 38.1 Å². The smallest absolute Gasteiger partial charge is 0.407 e. The number of nitrogens with two attached hydrogens (primary N) is 1. The third-order valence-corrected chi connectivity index (χ3v) is 8.43. The molecular formula is C36H37N3O5. The highest BCUT2D eigenvalue weighted by Gasteiger charge is 2.33. The van der Waals surface area contributed by atoms with Crippen molar-refractivity contribution >= 4 is 23.4 Å². The van der Waals surface area contributed by atoms with Gasteiger partial charge in [0.1, 0.15) is 6.61 Å². The summed E-state index contributed by atoms with van der Waals surface area (Å²) in [6.07, 6.45) is 1.76. The fraction of sp³-hybridized carbons (Fsp3) is 0.278. The molecule has 2 aliphatic rings. The van der Waals surface area contributed by atoms with Crippen LogP contribution in [0.4, 0.5) is 16.2 Å². The minimum Gasteiger partial charge on any atom is -0.493 e. The third-order valence-electron chi connectivity index (χ3n) is 8.43. The number of ether oxygens (including phenoxy) is 3. The number of alkyl carbamates (subject to hydrolysis) is 1. The van der Waals surface area contributed by atoms with Crippen molar-refractivity contribution in [3.63, 3.8) is 0 Å². The van der Waals surface area contributed by atoms with Crippen LogP contribution in [0.2, 0.25) is 0 Å². The number of methoxy groups -OCH3 is 1. The molecule has 1 aliphatic carbocycles. The summed E-state index contributed by atoms with van der Waals surface area (Å²) in [6, 6.07) is 27.8. The van der Waals surface area contributed by atoms with Gasteiger partial charge in [-0.25, -0.2) is 4.79 Å². The monoisotopic (exact) mass is 591 g/mol. The van der Waals surface area contributed by atoms with Crippen LogP contribution in [0.1, 0.15) is 52.7 Å². The molecule has 1 aliphatic heterocycles. The number of rotatable bonds is 10. The highest BCUT2D eigenvalue weighted by Crippen LogP contribution is 2.44. The maximum absolute atomic E-state index is 13.5. The summed E-state index contributed by atoms with van der Waals surface area (Å²) >= 11 is 0. The first kappa shape index (κ1) is 29.1. The van der Waals surface area contributed by atoms with Gasteiger partial charge in [-0.15, -0.1) is 0 Å². The fourth-order valence-electron chi connectivity index (χ4n) is 6.29. The number of nitrogens with zero attached hydrogens (tertiary/aromatic N) is 1. The van der Waals surface area contributed by atoms with E-state index in [0.29, 0.717) is 48.7 Å². The molecule has 0 radical (unpaired) electrons. The van der Waals surface area contributed by atoms with E-state index >= 15 is 0 Å². The topological polar surface area (TPSA) is 103 Å². The predicted molar refractivity (Wildman–Crippen MR) is 172 cm³/mol. The standard InChI is InChI=1S/C36H37N3O5/c1-23-19-24-11-3-8-16-32(24)39(23)35(40)29-20-33(42-2)34(21-31(29)37)43-18-10-9-17-38-36(41)44-22-30-27-14-6-4-12-25(27)26-13-5-7-15-28(26)30/h3-8,11-16,20-21,23,30H,9-10,17-19,22,37H2,1-2H3,(H,38,41)/t23-/m1/s1. The highest BCUT2D eigenvalue weighted by molar-refractivity contribution is 6.11. The lowest BCUT2D eigenvalue weighted by Crippen LogP contribution is -2.36. The molecule has 6 rings (SSSR count). The van der Waals surface area contributed by atoms with Gasteiger partial charge in [0.25, 0.3) is 5.91 Å². The van der Waals surface area contributed by atoms with E-state index in [-0.39, 0.29) is 24.5 Å². The van der Waals surface area contributed by atoms with Crippen molar-refractivity contribution in [1.82, 2.24) is 5.32 Å². The number of fused-ring (bicyclic) bond motifs is 4. The predicted octanol–water partition coefficient (Wildman–Crippen LogP) is 6.57. The van der Waals surface area contributed by atoms with Gasteiger partial charge in [-0.2, -0.15) is 0 Å². The molecule has 0 fully saturated rings. The van der Waals surface area contributed by atoms with Crippen LogP contribution in [-0.4, -0.2) is 44.9 Å². The molecule has 0 aromatic heterocycles. The number of anilines is 2. The molecule has 3 N–H and O–H groups in total. The number of hydrogen-bond acceptors (Lipinski definition) is 6. The van der Waals surface area contributed by atoms with Crippen LogP contribution in [0, 0.1) is 0 Å². The zero-order valence-corrected chi connectivity index (χ0v) is 25.0. The molecule has 8 nitrogen and oxygen atoms in total. The first-order valence-corrected chi connectivity index (χ1v) is 15.1. The van der Waals surface area contributed by atoms with E-state index in [1.807, 2.05) is 55.5 Å². The van der Waals surface area contributed by atoms with E-state index in [0.717, 1.165) is 17.7 Å². The lowest BCUT2D eigenvalue weighted by Gasteiger charge is -2.24. The molecule has 0 unspecified atom stereocenters. The summed E-state index contributed by atoms with van der Waals surface area (Å²) in [5, 5.41) is 2.84. The molecule has 0 saturated carbocycles. The van der Waals surface area contributed by atoms with Crippen molar-refractivity contribution in [1.29, 1.82) is 0 Å². The molecule has 2 amide bonds. The number of carbonyl (C=O) groups is 2. The maximum atomic E-state index is 13.5. The first-order chi connectivity index (χ1) is 21.5. The Morgan fingerprint density at radius 2 is 1.59 bits per heavy atom. The zero-order valence-electron chi connectivity index (χ0n) is 25.0. The fourth-order valence-corrected chi connectivity index (χ4v) is 6.29. The Morgan fingerprint density at radius 1 is 0.909 bits per heavy atom. The Balaban J connectivity index is 0.972. The summed E-state index contributed by atoms with van der Waals surface area (Å²) in [6.45, 7) is 3.17. The average Bonchev–Trinajstić information content (AvgIpc) is 3.55. The Kier molecular flexibility index (Phi) is 8.41. The number of unbranched alkanes of at least 4 members (excludes halogenated alkanes) is 1. The van der Waals surface area contributed by atoms with Gasteiger partial charge in [0, 0.05) is 35.9 Å². The zero-order chi connectivity index (χ0) is 30.6. The maximum Gasteiger partial charge on any atom is 0.407 e. The van der Waals surface area contributed by atoms with Gasteiger partial charge in [0.2, 0.25) is 0 Å². The lowest BCUT2D eigenvalue weighted by molar-refractivity contribution is 0.0981. The van der Waals surface area contributed by atoms with E-state index in [1.165, 1.54) is 22.3 Å². The Bertz CT molecular complexity index is 1640. The number of nitrogen functional groups attached to an aromatic ring is 1. The van der Waals surface area contributed by atoms with Gasteiger partial charge in [-0.3, -0.25) is 4.79 Å². The van der Waals surface area contributed by atoms with Gasteiger partial charge < -0.3 is 30.2 Å². The Hall–Kier alpha value is -4.98. The number of benzene rings is 4. The molecule has 4 aromatic carbocycles. The number of carbonyl (C=O) groups excluding carboxylic acids is 2. The van der Waals surface area contributed by atoms with Gasteiger partial charge >= 0.3 is 6.09 Å². The van der Waals surface area contributed by atoms with Crippen molar-refractivity contribution in [3.05, 3.63) is 107 Å². The Morgan fingerprint density at radius 3 is 2.32 bits per heavy atom. The SMILES string of the molecule is COc1cc(C(=O)N2c3ccccc3C[C@H]2C)c(N)cc1OCCCCNC(=O)OCC1c2ccccc2-c2ccccc21. The van der Waals surface area contributed by atoms with Gasteiger partial charge in [0.15, 0.2) is 11.5 Å². The second-order valence-electron chi connectivity index (χ2n) is 11.3. The summed E-state index contributed by atoms with van der Waals surface area (Å²) in [7, 11) is 1.54. The molecule has 1 atom stereocenters. The van der Waals surface area contributed by atoms with Crippen LogP contribution in [0.15, 0.2) is 84.9 Å². The number of hydrogen-bond donors (Lipinski definition) is 2. The second kappa shape index (κ2) is 12.7. The second-order valence-corrected chi connectivity index (χ2v) is 11.3. The Labute approximate surface area is 257 Å². The van der Waals surface area contributed by atoms with E-state index < -0.39 is 6.09 Å². The van der Waals surface area contributed by atoms with Gasteiger partial charge in [-0.1, -0.05) is 66.7 Å². The van der Waals surface area contributed by atoms with Crippen LogP contribution in [0.3, 0.4) is 0 Å². The molecule has 226 valence electrons. The normalized spacial score (nSPS) is 14.9. The number of para-hydroxylation sites is 1. The van der Waals surface area contributed by atoms with Crippen LogP contribution in [0.25, 0.3) is 11.1 Å². The molecule has 4 aromatic rings. The lowest BCUT2D eigenvalue weighted by atomic mass is 9.98. The number of nitrogens with one attached hydrogen (secondary N) is 1. The van der Waals surface area contributed by atoms with Crippen molar-refractivity contribution in [2.24, 2.45) is 0 Å². The minimum atomic E-state index is -0.433. The quantitative estimate of drug-likeness (QED) is 0.160. The molecular weight excluding hydrogens is 554 g/mol. The molecule has 0 spiro atoms. The highest BCUT2D eigenvalue weighted by atomic mass is 16.5. The molecule has 1 heterocycles. The summed E-state index contributed by atoms with van der Waals surface area (Å²) in [4.78, 5) is 27.8. The van der Waals surface area contributed by atoms with Gasteiger partial charge in [-0.05, 0) is 66.1 Å².